The van der Waals surface area contributed by atoms with Crippen LogP contribution in [0.3, 0.4) is 0 Å². The summed E-state index contributed by atoms with van der Waals surface area (Å²) in [5, 5.41) is 4.28. The van der Waals surface area contributed by atoms with Gasteiger partial charge in [-0.2, -0.15) is 0 Å². The van der Waals surface area contributed by atoms with Crippen molar-refractivity contribution in [2.45, 2.75) is 50.9 Å². The first-order valence-corrected chi connectivity index (χ1v) is 9.59. The molecule has 0 amide bonds. The normalized spacial score (nSPS) is 23.4. The van der Waals surface area contributed by atoms with Crippen molar-refractivity contribution in [1.29, 1.82) is 0 Å². The minimum atomic E-state index is -2.14. The van der Waals surface area contributed by atoms with Crippen molar-refractivity contribution in [3.8, 4) is 0 Å². The molecule has 0 radical (unpaired) electrons. The monoisotopic (exact) mass is 283 g/mol. The molecule has 2 nitrogen and oxygen atoms in total. The Bertz CT molecular complexity index is 434. The zero-order valence-corrected chi connectivity index (χ0v) is 13.1. The highest BCUT2D eigenvalue weighted by Gasteiger charge is 2.42. The van der Waals surface area contributed by atoms with Crippen molar-refractivity contribution in [2.24, 2.45) is 0 Å². The van der Waals surface area contributed by atoms with Crippen LogP contribution >= 0.6 is 11.6 Å². The molecule has 1 aliphatic rings. The highest BCUT2D eigenvalue weighted by atomic mass is 35.5. The lowest BCUT2D eigenvalue weighted by Crippen LogP contribution is -2.48. The van der Waals surface area contributed by atoms with Crippen molar-refractivity contribution in [3.63, 3.8) is 0 Å². The van der Waals surface area contributed by atoms with Gasteiger partial charge >= 0.3 is 0 Å². The minimum absolute atomic E-state index is 0.326. The van der Waals surface area contributed by atoms with Gasteiger partial charge in [0.15, 0.2) is 8.32 Å². The molecule has 0 bridgehead atoms. The fourth-order valence-electron chi connectivity index (χ4n) is 3.05. The third kappa shape index (κ3) is 2.44. The van der Waals surface area contributed by atoms with Crippen molar-refractivity contribution < 1.29 is 4.80 Å². The van der Waals surface area contributed by atoms with Gasteiger partial charge in [0.05, 0.1) is 0 Å². The topological polar surface area (TPSA) is 32.3 Å². The number of halogens is 1. The molecule has 0 spiro atoms. The number of anilines is 1. The zero-order chi connectivity index (χ0) is 13.3. The Kier molecular flexibility index (Phi) is 4.04. The van der Waals surface area contributed by atoms with E-state index in [0.717, 1.165) is 29.2 Å². The Hall–Kier alpha value is -0.513. The van der Waals surface area contributed by atoms with Crippen LogP contribution < -0.4 is 5.32 Å². The average molecular weight is 284 g/mol. The van der Waals surface area contributed by atoms with E-state index in [-0.39, 0.29) is 0 Å². The smallest absolute Gasteiger partial charge is 0.193 e. The fraction of sp³-hybridized carbons (Fsp3) is 0.571. The predicted molar refractivity (Wildman–Crippen MR) is 80.9 cm³/mol. The average Bonchev–Trinajstić information content (AvgIpc) is 2.37. The lowest BCUT2D eigenvalue weighted by atomic mass is 9.98. The van der Waals surface area contributed by atoms with E-state index < -0.39 is 8.32 Å². The lowest BCUT2D eigenvalue weighted by molar-refractivity contribution is 0.476. The Morgan fingerprint density at radius 3 is 2.67 bits per heavy atom. The maximum Gasteiger partial charge on any atom is 0.193 e. The van der Waals surface area contributed by atoms with E-state index in [1.54, 1.807) is 0 Å². The lowest BCUT2D eigenvalue weighted by Gasteiger charge is -2.41. The number of hydrogen-bond acceptors (Lipinski definition) is 2. The van der Waals surface area contributed by atoms with E-state index >= 15 is 0 Å². The second kappa shape index (κ2) is 5.23. The molecule has 0 saturated heterocycles. The second-order valence-corrected chi connectivity index (χ2v) is 10.2. The van der Waals surface area contributed by atoms with E-state index in [9.17, 15) is 4.80 Å². The molecule has 100 valence electrons. The van der Waals surface area contributed by atoms with Gasteiger partial charge in [-0.25, -0.2) is 0 Å². The molecule has 0 fully saturated rings. The van der Waals surface area contributed by atoms with Crippen molar-refractivity contribution in [2.75, 3.05) is 5.32 Å². The van der Waals surface area contributed by atoms with Crippen molar-refractivity contribution in [1.82, 2.24) is 0 Å². The van der Waals surface area contributed by atoms with Gasteiger partial charge in [0.1, 0.15) is 0 Å². The van der Waals surface area contributed by atoms with Crippen molar-refractivity contribution >= 4 is 25.6 Å². The zero-order valence-electron chi connectivity index (χ0n) is 11.3. The third-order valence-corrected chi connectivity index (χ3v) is 9.18. The number of fused-ring (bicyclic) bond motifs is 1. The molecular formula is C14H22ClNOSi. The molecule has 2 rings (SSSR count). The summed E-state index contributed by atoms with van der Waals surface area (Å²) in [5.41, 5.74) is 2.81. The molecule has 2 N–H and O–H groups in total. The second-order valence-electron chi connectivity index (χ2n) is 5.36. The molecule has 0 aliphatic carbocycles. The molecule has 1 heterocycles. The minimum Gasteiger partial charge on any atom is -0.431 e. The molecule has 18 heavy (non-hydrogen) atoms. The SMILES string of the molecule is CC[Si](O)(CC)[C@@H]1Cc2ccc(Cl)cc2N[C@@H]1C. The van der Waals surface area contributed by atoms with E-state index in [1.165, 1.54) is 5.56 Å². The first-order valence-electron chi connectivity index (χ1n) is 6.77. The number of rotatable bonds is 3. The summed E-state index contributed by atoms with van der Waals surface area (Å²) in [6, 6.07) is 8.21. The molecule has 1 aromatic rings. The van der Waals surface area contributed by atoms with Gasteiger partial charge in [-0.3, -0.25) is 0 Å². The summed E-state index contributed by atoms with van der Waals surface area (Å²) >= 11 is 6.02. The van der Waals surface area contributed by atoms with Gasteiger partial charge < -0.3 is 10.1 Å². The van der Waals surface area contributed by atoms with E-state index in [1.807, 2.05) is 12.1 Å². The van der Waals surface area contributed by atoms with E-state index in [2.05, 4.69) is 32.2 Å². The van der Waals surface area contributed by atoms with Crippen molar-refractivity contribution in [3.05, 3.63) is 28.8 Å². The van der Waals surface area contributed by atoms with Crippen LogP contribution in [-0.2, 0) is 6.42 Å². The van der Waals surface area contributed by atoms with Gasteiger partial charge in [-0.1, -0.05) is 31.5 Å². The van der Waals surface area contributed by atoms with Gasteiger partial charge in [0.2, 0.25) is 0 Å². The maximum absolute atomic E-state index is 10.9. The quantitative estimate of drug-likeness (QED) is 0.821. The summed E-state index contributed by atoms with van der Waals surface area (Å²) in [4.78, 5) is 10.9. The summed E-state index contributed by atoms with van der Waals surface area (Å²) in [6.45, 7) is 6.43. The van der Waals surface area contributed by atoms with Crippen LogP contribution in [0.2, 0.25) is 22.7 Å². The Labute approximate surface area is 115 Å². The molecule has 4 heteroatoms. The first-order chi connectivity index (χ1) is 8.50. The van der Waals surface area contributed by atoms with E-state index in [0.29, 0.717) is 11.6 Å². The van der Waals surface area contributed by atoms with Crippen LogP contribution in [0.25, 0.3) is 0 Å². The molecule has 0 aromatic heterocycles. The molecule has 0 unspecified atom stereocenters. The van der Waals surface area contributed by atoms with Gasteiger partial charge in [0.25, 0.3) is 0 Å². The molecule has 1 aromatic carbocycles. The molecule has 0 saturated carbocycles. The van der Waals surface area contributed by atoms with Crippen LogP contribution in [0.4, 0.5) is 5.69 Å². The van der Waals surface area contributed by atoms with Gasteiger partial charge in [-0.05, 0) is 43.1 Å². The summed E-state index contributed by atoms with van der Waals surface area (Å²) in [6.07, 6.45) is 0.977. The standard InChI is InChI=1S/C14H22ClNOSi/c1-4-18(17,5-2)14-8-11-6-7-12(15)9-13(11)16-10(14)3/h6-7,9-10,14,16-17H,4-5,8H2,1-3H3/t10-,14-/m1/s1. The summed E-state index contributed by atoms with van der Waals surface area (Å²) in [5.74, 6) is 0. The van der Waals surface area contributed by atoms with E-state index in [4.69, 9.17) is 11.6 Å². The van der Waals surface area contributed by atoms with Gasteiger partial charge in [-0.15, -0.1) is 0 Å². The molecule has 2 atom stereocenters. The van der Waals surface area contributed by atoms with Crippen LogP contribution in [0.5, 0.6) is 0 Å². The Balaban J connectivity index is 2.31. The van der Waals surface area contributed by atoms with Crippen LogP contribution in [-0.4, -0.2) is 19.2 Å². The molecular weight excluding hydrogens is 262 g/mol. The summed E-state index contributed by atoms with van der Waals surface area (Å²) < 4.78 is 0. The highest BCUT2D eigenvalue weighted by molar-refractivity contribution is 6.74. The Morgan fingerprint density at radius 2 is 2.06 bits per heavy atom. The third-order valence-electron chi connectivity index (χ3n) is 4.41. The van der Waals surface area contributed by atoms with Crippen LogP contribution in [0.15, 0.2) is 18.2 Å². The summed E-state index contributed by atoms with van der Waals surface area (Å²) in [7, 11) is -2.14. The van der Waals surface area contributed by atoms with Gasteiger partial charge in [0, 0.05) is 22.3 Å². The number of nitrogens with one attached hydrogen (secondary N) is 1. The Morgan fingerprint density at radius 1 is 1.39 bits per heavy atom. The maximum atomic E-state index is 10.9. The predicted octanol–water partition coefficient (Wildman–Crippen LogP) is 4.04. The van der Waals surface area contributed by atoms with Crippen LogP contribution in [0.1, 0.15) is 26.3 Å². The fourth-order valence-corrected chi connectivity index (χ4v) is 6.39. The van der Waals surface area contributed by atoms with Crippen LogP contribution in [0, 0.1) is 0 Å². The molecule has 1 aliphatic heterocycles. The number of benzene rings is 1. The largest absolute Gasteiger partial charge is 0.431 e. The number of hydrogen-bond donors (Lipinski definition) is 2. The highest BCUT2D eigenvalue weighted by Crippen LogP contribution is 2.40. The first kappa shape index (κ1) is 13.9.